The summed E-state index contributed by atoms with van der Waals surface area (Å²) in [6.45, 7) is 9.69. The molecular formula is C11H19I3. The second-order valence-electron chi connectivity index (χ2n) is 5.42. The number of rotatable bonds is 1. The summed E-state index contributed by atoms with van der Waals surface area (Å²) in [6, 6.07) is 0. The molecule has 4 unspecified atom stereocenters. The van der Waals surface area contributed by atoms with E-state index in [1.807, 2.05) is 0 Å². The van der Waals surface area contributed by atoms with Crippen molar-refractivity contribution < 1.29 is 0 Å². The predicted octanol–water partition coefficient (Wildman–Crippen LogP) is 5.24. The summed E-state index contributed by atoms with van der Waals surface area (Å²) in [5.74, 6) is 0. The van der Waals surface area contributed by atoms with Crippen LogP contribution in [0.25, 0.3) is 0 Å². The molecule has 0 radical (unpaired) electrons. The molecule has 1 rings (SSSR count). The van der Waals surface area contributed by atoms with Gasteiger partial charge in [-0.2, -0.15) is 0 Å². The second-order valence-corrected chi connectivity index (χ2v) is 9.54. The van der Waals surface area contributed by atoms with Crippen molar-refractivity contribution in [2.24, 2.45) is 10.8 Å². The maximum atomic E-state index is 2.68. The van der Waals surface area contributed by atoms with Gasteiger partial charge in [0.15, 0.2) is 0 Å². The summed E-state index contributed by atoms with van der Waals surface area (Å²) < 4.78 is 2.44. The summed E-state index contributed by atoms with van der Waals surface area (Å²) in [4.78, 5) is 0. The van der Waals surface area contributed by atoms with E-state index in [0.717, 1.165) is 11.8 Å². The Labute approximate surface area is 129 Å². The van der Waals surface area contributed by atoms with Crippen molar-refractivity contribution >= 4 is 67.8 Å². The first-order valence-corrected chi connectivity index (χ1v) is 8.90. The largest absolute Gasteiger partial charge is 0.0809 e. The Hall–Kier alpha value is 2.19. The second kappa shape index (κ2) is 4.82. The zero-order valence-electron chi connectivity index (χ0n) is 9.28. The summed E-state index contributed by atoms with van der Waals surface area (Å²) in [6.07, 6.45) is 2.68. The molecule has 1 aliphatic carbocycles. The van der Waals surface area contributed by atoms with Crippen LogP contribution in [0.15, 0.2) is 0 Å². The van der Waals surface area contributed by atoms with Crippen LogP contribution in [0.5, 0.6) is 0 Å². The van der Waals surface area contributed by atoms with Crippen molar-refractivity contribution in [3.05, 3.63) is 0 Å². The van der Waals surface area contributed by atoms with Crippen LogP contribution < -0.4 is 0 Å². The maximum Gasteiger partial charge on any atom is 0.0356 e. The SMILES string of the molecule is CCC1(C)CC(C)(C)C(I)C(I)C1I. The Balaban J connectivity index is 2.96. The van der Waals surface area contributed by atoms with Crippen molar-refractivity contribution in [3.8, 4) is 0 Å². The Morgan fingerprint density at radius 1 is 1.07 bits per heavy atom. The Morgan fingerprint density at radius 2 is 1.57 bits per heavy atom. The monoisotopic (exact) mass is 532 g/mol. The van der Waals surface area contributed by atoms with Crippen molar-refractivity contribution in [1.82, 2.24) is 0 Å². The molecule has 0 nitrogen and oxygen atoms in total. The first-order chi connectivity index (χ1) is 6.24. The van der Waals surface area contributed by atoms with Crippen LogP contribution in [-0.2, 0) is 0 Å². The lowest BCUT2D eigenvalue weighted by Crippen LogP contribution is -2.51. The minimum atomic E-state index is 0.499. The van der Waals surface area contributed by atoms with E-state index in [-0.39, 0.29) is 0 Å². The average molecular weight is 532 g/mol. The van der Waals surface area contributed by atoms with Gasteiger partial charge in [-0.15, -0.1) is 0 Å². The summed E-state index contributed by atoms with van der Waals surface area (Å²) in [5, 5.41) is 0. The lowest BCUT2D eigenvalue weighted by molar-refractivity contribution is 0.129. The van der Waals surface area contributed by atoms with Gasteiger partial charge in [-0.1, -0.05) is 95.5 Å². The first kappa shape index (κ1) is 14.3. The molecule has 84 valence electrons. The van der Waals surface area contributed by atoms with E-state index >= 15 is 0 Å². The molecule has 0 spiro atoms. The fourth-order valence-electron chi connectivity index (χ4n) is 2.52. The number of hydrogen-bond donors (Lipinski definition) is 0. The van der Waals surface area contributed by atoms with Gasteiger partial charge in [-0.05, 0) is 23.7 Å². The lowest BCUT2D eigenvalue weighted by atomic mass is 9.63. The van der Waals surface area contributed by atoms with Gasteiger partial charge >= 0.3 is 0 Å². The molecule has 1 aliphatic rings. The first-order valence-electron chi connectivity index (χ1n) is 5.17. The minimum Gasteiger partial charge on any atom is -0.0809 e. The minimum absolute atomic E-state index is 0.499. The maximum absolute atomic E-state index is 2.68. The van der Waals surface area contributed by atoms with Crippen molar-refractivity contribution in [3.63, 3.8) is 0 Å². The van der Waals surface area contributed by atoms with Gasteiger partial charge in [-0.25, -0.2) is 0 Å². The van der Waals surface area contributed by atoms with Gasteiger partial charge in [0, 0.05) is 11.8 Å². The van der Waals surface area contributed by atoms with Crippen LogP contribution in [0, 0.1) is 10.8 Å². The van der Waals surface area contributed by atoms with Gasteiger partial charge in [-0.3, -0.25) is 0 Å². The van der Waals surface area contributed by atoms with Gasteiger partial charge in [0.2, 0.25) is 0 Å². The Kier molecular flexibility index (Phi) is 4.91. The van der Waals surface area contributed by atoms with E-state index in [2.05, 4.69) is 95.5 Å². The number of halogens is 3. The highest BCUT2D eigenvalue weighted by atomic mass is 127. The van der Waals surface area contributed by atoms with Crippen LogP contribution in [0.1, 0.15) is 40.5 Å². The van der Waals surface area contributed by atoms with Gasteiger partial charge < -0.3 is 0 Å². The zero-order chi connectivity index (χ0) is 11.1. The smallest absolute Gasteiger partial charge is 0.0356 e. The van der Waals surface area contributed by atoms with E-state index in [9.17, 15) is 0 Å². The fraction of sp³-hybridized carbons (Fsp3) is 1.00. The summed E-state index contributed by atoms with van der Waals surface area (Å²) in [7, 11) is 0. The highest BCUT2D eigenvalue weighted by Gasteiger charge is 2.50. The van der Waals surface area contributed by atoms with Crippen LogP contribution in [0.2, 0.25) is 0 Å². The molecule has 0 aromatic carbocycles. The van der Waals surface area contributed by atoms with Crippen molar-refractivity contribution in [2.75, 3.05) is 0 Å². The molecule has 1 fully saturated rings. The zero-order valence-corrected chi connectivity index (χ0v) is 15.8. The summed E-state index contributed by atoms with van der Waals surface area (Å²) in [5.41, 5.74) is 1.04. The molecule has 14 heavy (non-hydrogen) atoms. The van der Waals surface area contributed by atoms with Crippen LogP contribution in [0.3, 0.4) is 0 Å². The molecule has 4 atom stereocenters. The third-order valence-corrected chi connectivity index (χ3v) is 12.6. The quantitative estimate of drug-likeness (QED) is 0.320. The summed E-state index contributed by atoms with van der Waals surface area (Å²) >= 11 is 8.01. The number of alkyl halides is 3. The van der Waals surface area contributed by atoms with E-state index in [1.54, 1.807) is 0 Å². The highest BCUT2D eigenvalue weighted by Crippen LogP contribution is 2.55. The van der Waals surface area contributed by atoms with E-state index in [4.69, 9.17) is 0 Å². The van der Waals surface area contributed by atoms with Gasteiger partial charge in [0.05, 0.1) is 0 Å². The third-order valence-electron chi connectivity index (χ3n) is 3.64. The number of hydrogen-bond acceptors (Lipinski definition) is 0. The van der Waals surface area contributed by atoms with E-state index in [0.29, 0.717) is 10.8 Å². The molecule has 1 saturated carbocycles. The average Bonchev–Trinajstić information content (AvgIpc) is 2.11. The molecular weight excluding hydrogens is 513 g/mol. The van der Waals surface area contributed by atoms with Crippen LogP contribution in [-0.4, -0.2) is 11.8 Å². The van der Waals surface area contributed by atoms with Gasteiger partial charge in [0.1, 0.15) is 0 Å². The van der Waals surface area contributed by atoms with Crippen molar-refractivity contribution in [2.45, 2.75) is 52.3 Å². The normalized spacial score (nSPS) is 47.8. The molecule has 0 aliphatic heterocycles. The van der Waals surface area contributed by atoms with Gasteiger partial charge in [0.25, 0.3) is 0 Å². The fourth-order valence-corrected chi connectivity index (χ4v) is 6.87. The van der Waals surface area contributed by atoms with Crippen LogP contribution >= 0.6 is 67.8 Å². The van der Waals surface area contributed by atoms with E-state index in [1.165, 1.54) is 12.8 Å². The molecule has 0 bridgehead atoms. The highest BCUT2D eigenvalue weighted by molar-refractivity contribution is 14.1. The Bertz CT molecular complexity index is 215. The molecule has 3 heteroatoms. The van der Waals surface area contributed by atoms with Crippen LogP contribution in [0.4, 0.5) is 0 Å². The van der Waals surface area contributed by atoms with Crippen molar-refractivity contribution in [1.29, 1.82) is 0 Å². The topological polar surface area (TPSA) is 0 Å². The Morgan fingerprint density at radius 3 is 2.00 bits per heavy atom. The predicted molar refractivity (Wildman–Crippen MR) is 90.2 cm³/mol. The molecule has 0 aromatic heterocycles. The molecule has 0 saturated heterocycles. The molecule has 0 aromatic rings. The molecule has 0 N–H and O–H groups in total. The molecule has 0 amide bonds. The standard InChI is InChI=1S/C11H19I3/c1-5-11(4)6-10(2,3)8(13)7(12)9(11)14/h7-9H,5-6H2,1-4H3. The van der Waals surface area contributed by atoms with E-state index < -0.39 is 0 Å². The molecule has 0 heterocycles. The third kappa shape index (κ3) is 2.54. The lowest BCUT2D eigenvalue weighted by Gasteiger charge is -2.51.